The fourth-order valence-corrected chi connectivity index (χ4v) is 3.23. The fourth-order valence-electron chi connectivity index (χ4n) is 3.23. The van der Waals surface area contributed by atoms with Gasteiger partial charge >= 0.3 is 0 Å². The SMILES string of the molecule is COc1ccc(N2CCN(c3cc(C)nc4ccnn34)CC2)cc1. The van der Waals surface area contributed by atoms with Crippen molar-refractivity contribution in [2.45, 2.75) is 6.92 Å². The molecule has 0 spiro atoms. The third kappa shape index (κ3) is 2.64. The monoisotopic (exact) mass is 323 g/mol. The molecule has 124 valence electrons. The molecule has 3 aromatic rings. The summed E-state index contributed by atoms with van der Waals surface area (Å²) in [4.78, 5) is 9.31. The summed E-state index contributed by atoms with van der Waals surface area (Å²) in [6.07, 6.45) is 1.80. The summed E-state index contributed by atoms with van der Waals surface area (Å²) < 4.78 is 7.16. The van der Waals surface area contributed by atoms with E-state index in [0.29, 0.717) is 0 Å². The average molecular weight is 323 g/mol. The van der Waals surface area contributed by atoms with Crippen molar-refractivity contribution >= 4 is 17.2 Å². The molecule has 1 fully saturated rings. The Morgan fingerprint density at radius 3 is 2.38 bits per heavy atom. The number of fused-ring (bicyclic) bond motifs is 1. The molecule has 0 unspecified atom stereocenters. The molecule has 2 aromatic heterocycles. The minimum atomic E-state index is 0.894. The Balaban J connectivity index is 1.51. The number of benzene rings is 1. The van der Waals surface area contributed by atoms with Crippen LogP contribution < -0.4 is 14.5 Å². The van der Waals surface area contributed by atoms with Gasteiger partial charge in [0, 0.05) is 49.7 Å². The van der Waals surface area contributed by atoms with Gasteiger partial charge in [0.1, 0.15) is 11.6 Å². The maximum absolute atomic E-state index is 5.23. The van der Waals surface area contributed by atoms with E-state index in [1.165, 1.54) is 5.69 Å². The summed E-state index contributed by atoms with van der Waals surface area (Å²) in [5, 5.41) is 4.42. The molecule has 0 saturated carbocycles. The molecule has 0 aliphatic carbocycles. The number of rotatable bonds is 3. The van der Waals surface area contributed by atoms with Crippen LogP contribution in [0.4, 0.5) is 11.5 Å². The van der Waals surface area contributed by atoms with Gasteiger partial charge in [0.15, 0.2) is 5.65 Å². The first-order valence-electron chi connectivity index (χ1n) is 8.20. The van der Waals surface area contributed by atoms with E-state index < -0.39 is 0 Å². The molecule has 1 aliphatic rings. The van der Waals surface area contributed by atoms with Crippen LogP contribution >= 0.6 is 0 Å². The Hall–Kier alpha value is -2.76. The van der Waals surface area contributed by atoms with Crippen LogP contribution in [0.3, 0.4) is 0 Å². The van der Waals surface area contributed by atoms with Crippen molar-refractivity contribution in [3.63, 3.8) is 0 Å². The summed E-state index contributed by atoms with van der Waals surface area (Å²) >= 11 is 0. The smallest absolute Gasteiger partial charge is 0.157 e. The number of anilines is 2. The Bertz CT molecular complexity index is 834. The van der Waals surface area contributed by atoms with Gasteiger partial charge in [-0.05, 0) is 31.2 Å². The zero-order valence-corrected chi connectivity index (χ0v) is 14.0. The lowest BCUT2D eigenvalue weighted by Crippen LogP contribution is -2.47. The third-order valence-electron chi connectivity index (χ3n) is 4.51. The van der Waals surface area contributed by atoms with E-state index in [-0.39, 0.29) is 0 Å². The van der Waals surface area contributed by atoms with Crippen LogP contribution in [0.1, 0.15) is 5.69 Å². The third-order valence-corrected chi connectivity index (χ3v) is 4.51. The lowest BCUT2D eigenvalue weighted by atomic mass is 10.2. The number of methoxy groups -OCH3 is 1. The molecular formula is C18H21N5O. The number of ether oxygens (including phenoxy) is 1. The number of aryl methyl sites for hydroxylation is 1. The van der Waals surface area contributed by atoms with Crippen LogP contribution in [0.2, 0.25) is 0 Å². The van der Waals surface area contributed by atoms with Crippen molar-refractivity contribution < 1.29 is 4.74 Å². The quantitative estimate of drug-likeness (QED) is 0.740. The lowest BCUT2D eigenvalue weighted by Gasteiger charge is -2.37. The largest absolute Gasteiger partial charge is 0.497 e. The minimum absolute atomic E-state index is 0.894. The molecule has 0 radical (unpaired) electrons. The Labute approximate surface area is 141 Å². The second-order valence-electron chi connectivity index (χ2n) is 6.03. The highest BCUT2D eigenvalue weighted by Crippen LogP contribution is 2.23. The molecule has 6 heteroatoms. The first kappa shape index (κ1) is 14.8. The minimum Gasteiger partial charge on any atom is -0.497 e. The van der Waals surface area contributed by atoms with E-state index in [1.54, 1.807) is 13.3 Å². The molecule has 1 aliphatic heterocycles. The highest BCUT2D eigenvalue weighted by Gasteiger charge is 2.20. The van der Waals surface area contributed by atoms with Crippen molar-refractivity contribution in [2.75, 3.05) is 43.1 Å². The van der Waals surface area contributed by atoms with Crippen LogP contribution in [0.25, 0.3) is 5.65 Å². The number of hydrogen-bond donors (Lipinski definition) is 0. The van der Waals surface area contributed by atoms with Crippen molar-refractivity contribution in [3.05, 3.63) is 48.3 Å². The second kappa shape index (κ2) is 6.03. The number of hydrogen-bond acceptors (Lipinski definition) is 5. The summed E-state index contributed by atoms with van der Waals surface area (Å²) in [5.74, 6) is 2.02. The summed E-state index contributed by atoms with van der Waals surface area (Å²) in [6, 6.07) is 12.3. The molecule has 0 bridgehead atoms. The Morgan fingerprint density at radius 2 is 1.67 bits per heavy atom. The molecule has 24 heavy (non-hydrogen) atoms. The molecule has 1 saturated heterocycles. The Morgan fingerprint density at radius 1 is 0.958 bits per heavy atom. The zero-order valence-electron chi connectivity index (χ0n) is 14.0. The summed E-state index contributed by atoms with van der Waals surface area (Å²) in [5.41, 5.74) is 3.17. The van der Waals surface area contributed by atoms with E-state index in [4.69, 9.17) is 4.74 Å². The lowest BCUT2D eigenvalue weighted by molar-refractivity contribution is 0.415. The molecule has 6 nitrogen and oxygen atoms in total. The standard InChI is InChI=1S/C18H21N5O/c1-14-13-18(23-17(20-14)7-8-19-23)22-11-9-21(10-12-22)15-3-5-16(24-2)6-4-15/h3-8,13H,9-12H2,1-2H3. The second-order valence-corrected chi connectivity index (χ2v) is 6.03. The fraction of sp³-hybridized carbons (Fsp3) is 0.333. The highest BCUT2D eigenvalue weighted by molar-refractivity contribution is 5.54. The van der Waals surface area contributed by atoms with Gasteiger partial charge in [0.25, 0.3) is 0 Å². The summed E-state index contributed by atoms with van der Waals surface area (Å²) in [7, 11) is 1.69. The normalized spacial score (nSPS) is 15.1. The molecule has 0 atom stereocenters. The number of aromatic nitrogens is 3. The van der Waals surface area contributed by atoms with Gasteiger partial charge in [0.2, 0.25) is 0 Å². The van der Waals surface area contributed by atoms with Crippen molar-refractivity contribution in [1.29, 1.82) is 0 Å². The van der Waals surface area contributed by atoms with E-state index in [2.05, 4.69) is 38.1 Å². The van der Waals surface area contributed by atoms with Gasteiger partial charge in [0.05, 0.1) is 13.3 Å². The maximum atomic E-state index is 5.23. The molecule has 3 heterocycles. The molecular weight excluding hydrogens is 302 g/mol. The predicted octanol–water partition coefficient (Wildman–Crippen LogP) is 2.37. The first-order chi connectivity index (χ1) is 11.7. The van der Waals surface area contributed by atoms with Crippen LogP contribution in [-0.2, 0) is 0 Å². The van der Waals surface area contributed by atoms with Gasteiger partial charge in [-0.1, -0.05) is 0 Å². The van der Waals surface area contributed by atoms with Gasteiger partial charge in [-0.3, -0.25) is 0 Å². The summed E-state index contributed by atoms with van der Waals surface area (Å²) in [6.45, 7) is 5.92. The first-order valence-corrected chi connectivity index (χ1v) is 8.20. The highest BCUT2D eigenvalue weighted by atomic mass is 16.5. The number of piperazine rings is 1. The van der Waals surface area contributed by atoms with Crippen LogP contribution in [0.15, 0.2) is 42.6 Å². The molecule has 0 N–H and O–H groups in total. The average Bonchev–Trinajstić information content (AvgIpc) is 3.09. The van der Waals surface area contributed by atoms with Gasteiger partial charge in [-0.15, -0.1) is 0 Å². The van der Waals surface area contributed by atoms with E-state index in [1.807, 2.05) is 29.6 Å². The van der Waals surface area contributed by atoms with Crippen molar-refractivity contribution in [3.8, 4) is 5.75 Å². The zero-order chi connectivity index (χ0) is 16.5. The van der Waals surface area contributed by atoms with Crippen LogP contribution in [-0.4, -0.2) is 47.9 Å². The topological polar surface area (TPSA) is 45.9 Å². The van der Waals surface area contributed by atoms with Gasteiger partial charge < -0.3 is 14.5 Å². The van der Waals surface area contributed by atoms with Gasteiger partial charge in [-0.2, -0.15) is 9.61 Å². The molecule has 4 rings (SSSR count). The number of nitrogens with zero attached hydrogens (tertiary/aromatic N) is 5. The maximum Gasteiger partial charge on any atom is 0.157 e. The van der Waals surface area contributed by atoms with Crippen LogP contribution in [0.5, 0.6) is 5.75 Å². The Kier molecular flexibility index (Phi) is 3.72. The van der Waals surface area contributed by atoms with Crippen molar-refractivity contribution in [2.24, 2.45) is 0 Å². The predicted molar refractivity (Wildman–Crippen MR) is 95.1 cm³/mol. The molecule has 0 amide bonds. The molecule has 1 aromatic carbocycles. The van der Waals surface area contributed by atoms with E-state index in [0.717, 1.165) is 49.1 Å². The van der Waals surface area contributed by atoms with Gasteiger partial charge in [-0.25, -0.2) is 4.98 Å². The van der Waals surface area contributed by atoms with E-state index in [9.17, 15) is 0 Å². The van der Waals surface area contributed by atoms with E-state index >= 15 is 0 Å². The van der Waals surface area contributed by atoms with Crippen LogP contribution in [0, 0.1) is 6.92 Å². The van der Waals surface area contributed by atoms with Crippen molar-refractivity contribution in [1.82, 2.24) is 14.6 Å².